The fraction of sp³-hybridized carbons (Fsp3) is 0.261. The number of aromatic nitrogens is 2. The van der Waals surface area contributed by atoms with Gasteiger partial charge in [-0.3, -0.25) is 9.59 Å². The lowest BCUT2D eigenvalue weighted by Gasteiger charge is -2.23. The first-order valence-corrected chi connectivity index (χ1v) is 9.93. The minimum atomic E-state index is -0.158. The molecule has 148 valence electrons. The molecule has 1 saturated heterocycles. The molecule has 0 unspecified atom stereocenters. The van der Waals surface area contributed by atoms with Crippen molar-refractivity contribution in [3.8, 4) is 5.69 Å². The number of anilines is 1. The van der Waals surface area contributed by atoms with Crippen LogP contribution < -0.4 is 10.5 Å². The Morgan fingerprint density at radius 3 is 2.31 bits per heavy atom. The van der Waals surface area contributed by atoms with Crippen molar-refractivity contribution in [2.24, 2.45) is 0 Å². The third-order valence-corrected chi connectivity index (χ3v) is 5.16. The lowest BCUT2D eigenvalue weighted by atomic mass is 10.1. The zero-order valence-corrected chi connectivity index (χ0v) is 16.3. The molecule has 1 amide bonds. The summed E-state index contributed by atoms with van der Waals surface area (Å²) in [5.41, 5.74) is 1.62. The van der Waals surface area contributed by atoms with Crippen molar-refractivity contribution in [2.75, 3.05) is 31.1 Å². The Labute approximate surface area is 170 Å². The molecule has 2 heterocycles. The van der Waals surface area contributed by atoms with Gasteiger partial charge in [0.05, 0.1) is 12.1 Å². The minimum absolute atomic E-state index is 0.153. The monoisotopic (exact) mass is 388 g/mol. The van der Waals surface area contributed by atoms with E-state index in [1.165, 1.54) is 4.68 Å². The van der Waals surface area contributed by atoms with Gasteiger partial charge < -0.3 is 9.80 Å². The topological polar surface area (TPSA) is 58.4 Å². The molecule has 2 aromatic carbocycles. The summed E-state index contributed by atoms with van der Waals surface area (Å²) in [7, 11) is 0. The Morgan fingerprint density at radius 1 is 0.828 bits per heavy atom. The number of para-hydroxylation sites is 1. The second-order valence-corrected chi connectivity index (χ2v) is 7.16. The molecule has 0 N–H and O–H groups in total. The highest BCUT2D eigenvalue weighted by molar-refractivity contribution is 5.78. The van der Waals surface area contributed by atoms with Crippen LogP contribution in [0.3, 0.4) is 0 Å². The van der Waals surface area contributed by atoms with E-state index in [1.54, 1.807) is 12.1 Å². The third kappa shape index (κ3) is 4.54. The normalized spacial score (nSPS) is 14.5. The van der Waals surface area contributed by atoms with Crippen LogP contribution in [0.25, 0.3) is 5.69 Å². The molecule has 1 aromatic heterocycles. The summed E-state index contributed by atoms with van der Waals surface area (Å²) in [5.74, 6) is 0.908. The lowest BCUT2D eigenvalue weighted by Crippen LogP contribution is -2.36. The first-order chi connectivity index (χ1) is 14.2. The van der Waals surface area contributed by atoms with Gasteiger partial charge in [0.2, 0.25) is 5.91 Å². The van der Waals surface area contributed by atoms with E-state index in [2.05, 4.69) is 10.00 Å². The van der Waals surface area contributed by atoms with E-state index in [1.807, 2.05) is 65.6 Å². The second-order valence-electron chi connectivity index (χ2n) is 7.16. The van der Waals surface area contributed by atoms with E-state index in [0.717, 1.165) is 36.6 Å². The van der Waals surface area contributed by atoms with Crippen molar-refractivity contribution < 1.29 is 4.79 Å². The molecule has 1 aliphatic rings. The van der Waals surface area contributed by atoms with Crippen LogP contribution in [-0.2, 0) is 11.2 Å². The first-order valence-electron chi connectivity index (χ1n) is 9.93. The molecular weight excluding hydrogens is 364 g/mol. The maximum Gasteiger partial charge on any atom is 0.271 e. The van der Waals surface area contributed by atoms with Gasteiger partial charge in [-0.1, -0.05) is 48.5 Å². The van der Waals surface area contributed by atoms with Crippen LogP contribution in [0.2, 0.25) is 0 Å². The van der Waals surface area contributed by atoms with Crippen LogP contribution in [0, 0.1) is 0 Å². The molecule has 0 spiro atoms. The standard InChI is InChI=1S/C23H24N4O2/c28-22-13-12-21(24-27(22)20-10-5-2-6-11-20)25-14-7-15-26(17-16-25)23(29)18-19-8-3-1-4-9-19/h1-6,8-13H,7,14-18H2. The van der Waals surface area contributed by atoms with Gasteiger partial charge in [-0.2, -0.15) is 4.68 Å². The maximum atomic E-state index is 12.7. The molecule has 29 heavy (non-hydrogen) atoms. The number of amides is 1. The van der Waals surface area contributed by atoms with Gasteiger partial charge in [-0.15, -0.1) is 5.10 Å². The molecule has 1 aliphatic heterocycles. The molecule has 1 fully saturated rings. The van der Waals surface area contributed by atoms with Crippen LogP contribution in [-0.4, -0.2) is 46.8 Å². The first kappa shape index (κ1) is 18.9. The highest BCUT2D eigenvalue weighted by atomic mass is 16.2. The molecule has 0 aliphatic carbocycles. The zero-order chi connectivity index (χ0) is 20.1. The Kier molecular flexibility index (Phi) is 5.70. The van der Waals surface area contributed by atoms with E-state index in [-0.39, 0.29) is 11.5 Å². The minimum Gasteiger partial charge on any atom is -0.353 e. The number of benzene rings is 2. The zero-order valence-electron chi connectivity index (χ0n) is 16.3. The summed E-state index contributed by atoms with van der Waals surface area (Å²) >= 11 is 0. The van der Waals surface area contributed by atoms with Gasteiger partial charge in [0.25, 0.3) is 5.56 Å². The van der Waals surface area contributed by atoms with Crippen LogP contribution in [0.5, 0.6) is 0 Å². The molecule has 3 aromatic rings. The number of rotatable bonds is 4. The van der Waals surface area contributed by atoms with Crippen molar-refractivity contribution in [1.82, 2.24) is 14.7 Å². The van der Waals surface area contributed by atoms with E-state index in [4.69, 9.17) is 0 Å². The van der Waals surface area contributed by atoms with Crippen molar-refractivity contribution in [1.29, 1.82) is 0 Å². The highest BCUT2D eigenvalue weighted by Crippen LogP contribution is 2.14. The van der Waals surface area contributed by atoms with Crippen molar-refractivity contribution in [3.63, 3.8) is 0 Å². The highest BCUT2D eigenvalue weighted by Gasteiger charge is 2.20. The van der Waals surface area contributed by atoms with Gasteiger partial charge in [-0.25, -0.2) is 0 Å². The van der Waals surface area contributed by atoms with Crippen LogP contribution in [0.15, 0.2) is 77.6 Å². The fourth-order valence-corrected chi connectivity index (χ4v) is 3.60. The Morgan fingerprint density at radius 2 is 1.55 bits per heavy atom. The summed E-state index contributed by atoms with van der Waals surface area (Å²) in [6.07, 6.45) is 1.30. The lowest BCUT2D eigenvalue weighted by molar-refractivity contribution is -0.130. The summed E-state index contributed by atoms with van der Waals surface area (Å²) in [4.78, 5) is 29.0. The van der Waals surface area contributed by atoms with Gasteiger partial charge in [0.15, 0.2) is 0 Å². The van der Waals surface area contributed by atoms with Crippen LogP contribution >= 0.6 is 0 Å². The number of nitrogens with zero attached hydrogens (tertiary/aromatic N) is 4. The van der Waals surface area contributed by atoms with Gasteiger partial charge >= 0.3 is 0 Å². The number of carbonyl (C=O) groups excluding carboxylic acids is 1. The van der Waals surface area contributed by atoms with Crippen molar-refractivity contribution in [2.45, 2.75) is 12.8 Å². The van der Waals surface area contributed by atoms with E-state index in [0.29, 0.717) is 19.5 Å². The molecule has 6 heteroatoms. The van der Waals surface area contributed by atoms with Crippen LogP contribution in [0.4, 0.5) is 5.82 Å². The van der Waals surface area contributed by atoms with E-state index < -0.39 is 0 Å². The largest absolute Gasteiger partial charge is 0.353 e. The predicted molar refractivity (Wildman–Crippen MR) is 113 cm³/mol. The Hall–Kier alpha value is -3.41. The summed E-state index contributed by atoms with van der Waals surface area (Å²) < 4.78 is 1.43. The molecule has 6 nitrogen and oxygen atoms in total. The SMILES string of the molecule is O=C(Cc1ccccc1)N1CCCN(c2ccc(=O)n(-c3ccccc3)n2)CC1. The number of hydrogen-bond donors (Lipinski definition) is 0. The van der Waals surface area contributed by atoms with Gasteiger partial charge in [0.1, 0.15) is 5.82 Å². The molecule has 0 bridgehead atoms. The average molecular weight is 388 g/mol. The van der Waals surface area contributed by atoms with Crippen molar-refractivity contribution in [3.05, 3.63) is 88.7 Å². The maximum absolute atomic E-state index is 12.7. The van der Waals surface area contributed by atoms with Crippen LogP contribution in [0.1, 0.15) is 12.0 Å². The molecule has 4 rings (SSSR count). The average Bonchev–Trinajstić information content (AvgIpc) is 3.02. The molecule has 0 radical (unpaired) electrons. The van der Waals surface area contributed by atoms with E-state index in [9.17, 15) is 9.59 Å². The second kappa shape index (κ2) is 8.73. The smallest absolute Gasteiger partial charge is 0.271 e. The Bertz CT molecular complexity index is 1020. The third-order valence-electron chi connectivity index (χ3n) is 5.16. The summed E-state index contributed by atoms with van der Waals surface area (Å²) in [6, 6.07) is 22.6. The number of carbonyl (C=O) groups is 1. The van der Waals surface area contributed by atoms with Crippen molar-refractivity contribution >= 4 is 11.7 Å². The Balaban J connectivity index is 1.46. The quantitative estimate of drug-likeness (QED) is 0.689. The van der Waals surface area contributed by atoms with E-state index >= 15 is 0 Å². The molecular formula is C23H24N4O2. The molecule has 0 saturated carbocycles. The summed E-state index contributed by atoms with van der Waals surface area (Å²) in [5, 5.41) is 4.57. The molecule has 0 atom stereocenters. The van der Waals surface area contributed by atoms with Gasteiger partial charge in [-0.05, 0) is 30.2 Å². The summed E-state index contributed by atoms with van der Waals surface area (Å²) in [6.45, 7) is 2.88. The predicted octanol–water partition coefficient (Wildman–Crippen LogP) is 2.51. The fourth-order valence-electron chi connectivity index (χ4n) is 3.60. The number of hydrogen-bond acceptors (Lipinski definition) is 4. The van der Waals surface area contributed by atoms with Gasteiger partial charge in [0, 0.05) is 32.2 Å².